The summed E-state index contributed by atoms with van der Waals surface area (Å²) in [7, 11) is -3.90. The molecule has 2 unspecified atom stereocenters. The van der Waals surface area contributed by atoms with Crippen LogP contribution in [0.15, 0.2) is 0 Å². The number of rotatable bonds is 1. The number of hydrogen-bond acceptors (Lipinski definition) is 2. The van der Waals surface area contributed by atoms with Crippen molar-refractivity contribution < 1.29 is 19.1 Å². The van der Waals surface area contributed by atoms with Crippen molar-refractivity contribution in [2.24, 2.45) is 0 Å². The van der Waals surface area contributed by atoms with Crippen molar-refractivity contribution in [1.29, 1.82) is 0 Å². The van der Waals surface area contributed by atoms with Gasteiger partial charge in [0.25, 0.3) is 0 Å². The van der Waals surface area contributed by atoms with Gasteiger partial charge in [-0.05, 0) is 6.92 Å². The van der Waals surface area contributed by atoms with Crippen LogP contribution >= 0.6 is 7.60 Å². The Morgan fingerprint density at radius 2 is 1.89 bits per heavy atom. The molecule has 1 heterocycles. The van der Waals surface area contributed by atoms with Gasteiger partial charge in [0.1, 0.15) is 0 Å². The Hall–Kier alpha value is 1.37. The molecule has 2 atom stereocenters. The smallest absolute Gasteiger partial charge is 0.356 e. The van der Waals surface area contributed by atoms with Gasteiger partial charge >= 0.3 is 45.3 Å². The average Bonchev–Trinajstić information content (AvgIpc) is 2.13. The summed E-state index contributed by atoms with van der Waals surface area (Å²) in [6.07, 6.45) is -0.254. The van der Waals surface area contributed by atoms with E-state index in [0.29, 0.717) is 0 Å². The summed E-state index contributed by atoms with van der Waals surface area (Å²) < 4.78 is 14.7. The summed E-state index contributed by atoms with van der Waals surface area (Å²) in [4.78, 5) is 16.6. The summed E-state index contributed by atoms with van der Waals surface area (Å²) in [6, 6.07) is 0. The molecule has 1 aliphatic heterocycles. The predicted molar refractivity (Wildman–Crippen MR) is 32.1 cm³/mol. The molecular weight excluding hydrogens is 171 g/mol. The average molecular weight is 178 g/mol. The normalized spacial score (nSPS) is 33.2. The monoisotopic (exact) mass is 178 g/mol. The van der Waals surface area contributed by atoms with E-state index in [-0.39, 0.29) is 43.8 Å². The van der Waals surface area contributed by atoms with E-state index in [0.717, 1.165) is 0 Å². The van der Waals surface area contributed by atoms with Crippen LogP contribution in [0, 0.1) is 0 Å². The summed E-state index contributed by atoms with van der Waals surface area (Å²) in [5, 5.41) is 0. The van der Waals surface area contributed by atoms with E-state index in [1.807, 2.05) is 0 Å². The van der Waals surface area contributed by atoms with Crippen molar-refractivity contribution in [3.8, 4) is 0 Å². The zero-order valence-corrected chi connectivity index (χ0v) is 8.12. The molecule has 48 valence electrons. The van der Waals surface area contributed by atoms with Crippen LogP contribution in [-0.4, -0.2) is 59.5 Å². The van der Waals surface area contributed by atoms with E-state index >= 15 is 0 Å². The van der Waals surface area contributed by atoms with Crippen LogP contribution < -0.4 is 0 Å². The third kappa shape index (κ3) is 2.85. The van der Waals surface area contributed by atoms with Crippen LogP contribution in [0.2, 0.25) is 0 Å². The first-order chi connectivity index (χ1) is 3.52. The first-order valence-corrected chi connectivity index (χ1v) is 3.90. The van der Waals surface area contributed by atoms with Crippen molar-refractivity contribution in [2.75, 3.05) is 0 Å². The first kappa shape index (κ1) is 10.4. The van der Waals surface area contributed by atoms with E-state index in [9.17, 15) is 4.57 Å². The molecule has 4 nitrogen and oxygen atoms in total. The molecule has 0 spiro atoms. The molecule has 0 aromatic rings. The molecule has 0 amide bonds. The van der Waals surface area contributed by atoms with E-state index < -0.39 is 13.4 Å². The van der Waals surface area contributed by atoms with Gasteiger partial charge < -0.3 is 14.5 Å². The van der Waals surface area contributed by atoms with Crippen LogP contribution in [-0.2, 0) is 9.30 Å². The number of hydrogen-bond donors (Lipinski definition) is 2. The topological polar surface area (TPSA) is 70.1 Å². The third-order valence-corrected chi connectivity index (χ3v) is 2.22. The largest absolute Gasteiger partial charge is 2.00 e. The Labute approximate surface area is 82.7 Å². The van der Waals surface area contributed by atoms with Crippen LogP contribution in [0.4, 0.5) is 0 Å². The van der Waals surface area contributed by atoms with Crippen LogP contribution in [0.3, 0.4) is 0 Å². The van der Waals surface area contributed by atoms with Gasteiger partial charge in [0, 0.05) is 0 Å². The van der Waals surface area contributed by atoms with Gasteiger partial charge in [-0.25, -0.2) is 0 Å². The summed E-state index contributed by atoms with van der Waals surface area (Å²) in [5.74, 6) is -0.817. The number of epoxide rings is 1. The molecule has 1 rings (SSSR count). The van der Waals surface area contributed by atoms with Crippen molar-refractivity contribution in [3.05, 3.63) is 0 Å². The molecule has 0 radical (unpaired) electrons. The van der Waals surface area contributed by atoms with Gasteiger partial charge in [-0.3, -0.25) is 4.57 Å². The SMILES string of the molecule is CC1OC1P(=O)(O)O.[Ca+2]. The second-order valence-corrected chi connectivity index (χ2v) is 3.51. The summed E-state index contributed by atoms with van der Waals surface area (Å²) in [6.45, 7) is 1.63. The molecule has 1 saturated heterocycles. The number of ether oxygens (including phenoxy) is 1. The minimum Gasteiger partial charge on any atom is -0.356 e. The van der Waals surface area contributed by atoms with Gasteiger partial charge in [-0.2, -0.15) is 0 Å². The molecule has 1 aliphatic rings. The Balaban J connectivity index is 0.000000640. The minimum atomic E-state index is -3.90. The molecule has 0 aliphatic carbocycles. The Morgan fingerprint density at radius 1 is 1.56 bits per heavy atom. The Morgan fingerprint density at radius 3 is 1.89 bits per heavy atom. The minimum absolute atomic E-state index is 0. The van der Waals surface area contributed by atoms with Gasteiger partial charge in [0.15, 0.2) is 5.85 Å². The van der Waals surface area contributed by atoms with Crippen molar-refractivity contribution in [1.82, 2.24) is 0 Å². The summed E-state index contributed by atoms with van der Waals surface area (Å²) >= 11 is 0. The fraction of sp³-hybridized carbons (Fsp3) is 1.00. The maximum absolute atomic E-state index is 10.2. The third-order valence-electron chi connectivity index (χ3n) is 1.01. The predicted octanol–water partition coefficient (Wildman–Crippen LogP) is -0.472. The molecule has 9 heavy (non-hydrogen) atoms. The van der Waals surface area contributed by atoms with Crippen molar-refractivity contribution in [3.63, 3.8) is 0 Å². The maximum Gasteiger partial charge on any atom is 2.00 e. The second-order valence-electron chi connectivity index (χ2n) is 1.82. The zero-order valence-electron chi connectivity index (χ0n) is 5.02. The maximum atomic E-state index is 10.2. The molecule has 2 N–H and O–H groups in total. The first-order valence-electron chi connectivity index (χ1n) is 2.22. The zero-order chi connectivity index (χ0) is 6.36. The molecule has 0 saturated carbocycles. The summed E-state index contributed by atoms with van der Waals surface area (Å²) in [5.41, 5.74) is 0. The Bertz CT molecular complexity index is 143. The van der Waals surface area contributed by atoms with Gasteiger partial charge in [-0.1, -0.05) is 0 Å². The van der Waals surface area contributed by atoms with Crippen LogP contribution in [0.5, 0.6) is 0 Å². The van der Waals surface area contributed by atoms with Crippen molar-refractivity contribution in [2.45, 2.75) is 18.9 Å². The molecular formula is C3H7CaO4P+2. The van der Waals surface area contributed by atoms with Crippen molar-refractivity contribution >= 4 is 45.3 Å². The molecule has 6 heteroatoms. The molecule has 1 fully saturated rings. The quantitative estimate of drug-likeness (QED) is 0.323. The van der Waals surface area contributed by atoms with E-state index in [4.69, 9.17) is 9.79 Å². The van der Waals surface area contributed by atoms with Gasteiger partial charge in [-0.15, -0.1) is 0 Å². The van der Waals surface area contributed by atoms with Crippen LogP contribution in [0.25, 0.3) is 0 Å². The Kier molecular flexibility index (Phi) is 3.66. The fourth-order valence-electron chi connectivity index (χ4n) is 0.527. The second kappa shape index (κ2) is 3.18. The molecule has 0 aromatic carbocycles. The standard InChI is InChI=1S/C3H7O4P.Ca/c1-2-3(7-2)8(4,5)6;/h2-3H,1H3,(H2,4,5,6);/q;+2. The van der Waals surface area contributed by atoms with E-state index in [2.05, 4.69) is 4.74 Å². The van der Waals surface area contributed by atoms with Gasteiger partial charge in [0.2, 0.25) is 0 Å². The van der Waals surface area contributed by atoms with E-state index in [1.165, 1.54) is 0 Å². The fourth-order valence-corrected chi connectivity index (χ4v) is 1.42. The molecule has 0 aromatic heterocycles. The van der Waals surface area contributed by atoms with Crippen LogP contribution in [0.1, 0.15) is 6.92 Å². The van der Waals surface area contributed by atoms with E-state index in [1.54, 1.807) is 6.92 Å². The molecule has 0 bridgehead atoms. The van der Waals surface area contributed by atoms with Gasteiger partial charge in [0.05, 0.1) is 6.10 Å².